The van der Waals surface area contributed by atoms with Gasteiger partial charge in [0.2, 0.25) is 0 Å². The molecule has 1 heterocycles. The lowest BCUT2D eigenvalue weighted by Crippen LogP contribution is -2.40. The number of alkyl halides is 1. The lowest BCUT2D eigenvalue weighted by atomic mass is 9.78. The molecule has 2 atom stereocenters. The molecule has 32 heavy (non-hydrogen) atoms. The zero-order valence-corrected chi connectivity index (χ0v) is 21.0. The van der Waals surface area contributed by atoms with Crippen LogP contribution in [0.25, 0.3) is 0 Å². The topological polar surface area (TPSA) is 41.9 Å². The van der Waals surface area contributed by atoms with E-state index in [2.05, 4.69) is 49.9 Å². The number of hydrogen-bond donors (Lipinski definition) is 1. The van der Waals surface area contributed by atoms with Crippen molar-refractivity contribution in [2.45, 2.75) is 32.3 Å². The fraction of sp³-hybridized carbons (Fsp3) is 0.538. The van der Waals surface area contributed by atoms with Crippen LogP contribution in [-0.2, 0) is 5.41 Å². The van der Waals surface area contributed by atoms with E-state index in [1.807, 2.05) is 36.0 Å². The molecule has 6 heteroatoms. The average Bonchev–Trinajstić information content (AvgIpc) is 2.82. The largest absolute Gasteiger partial charge is 0.493 e. The molecule has 1 aliphatic rings. The highest BCUT2D eigenvalue weighted by Gasteiger charge is 2.23. The summed E-state index contributed by atoms with van der Waals surface area (Å²) in [7, 11) is 0. The summed E-state index contributed by atoms with van der Waals surface area (Å²) >= 11 is 7.83. The van der Waals surface area contributed by atoms with Gasteiger partial charge in [-0.1, -0.05) is 45.0 Å². The third-order valence-corrected chi connectivity index (χ3v) is 7.43. The van der Waals surface area contributed by atoms with Gasteiger partial charge in [-0.05, 0) is 35.4 Å². The Hall–Kier alpha value is -1.40. The highest BCUT2D eigenvalue weighted by Crippen LogP contribution is 2.33. The molecule has 0 bridgehead atoms. The van der Waals surface area contributed by atoms with Gasteiger partial charge in [-0.2, -0.15) is 11.8 Å². The SMILES string of the molecule is CC(CCl)COc1ccc(C(C)(C)c2ccc(OCC(O)CN3CCSCC3)cc2)cc1. The van der Waals surface area contributed by atoms with Crippen molar-refractivity contribution in [3.05, 3.63) is 59.7 Å². The molecule has 0 radical (unpaired) electrons. The van der Waals surface area contributed by atoms with Gasteiger partial charge in [0.05, 0.1) is 6.61 Å². The van der Waals surface area contributed by atoms with Crippen LogP contribution in [0.2, 0.25) is 0 Å². The molecule has 0 saturated carbocycles. The van der Waals surface area contributed by atoms with Crippen LogP contribution < -0.4 is 9.47 Å². The van der Waals surface area contributed by atoms with Crippen LogP contribution in [0.5, 0.6) is 11.5 Å². The molecular weight excluding hydrogens is 442 g/mol. The van der Waals surface area contributed by atoms with Crippen molar-refractivity contribution < 1.29 is 14.6 Å². The van der Waals surface area contributed by atoms with Gasteiger partial charge in [0.15, 0.2) is 0 Å². The normalized spacial score (nSPS) is 17.0. The Balaban J connectivity index is 1.53. The van der Waals surface area contributed by atoms with E-state index in [4.69, 9.17) is 21.1 Å². The molecular formula is C26H36ClNO3S. The second-order valence-corrected chi connectivity index (χ2v) is 10.7. The highest BCUT2D eigenvalue weighted by atomic mass is 35.5. The quantitative estimate of drug-likeness (QED) is 0.458. The fourth-order valence-electron chi connectivity index (χ4n) is 3.71. The molecule has 1 aliphatic heterocycles. The molecule has 2 unspecified atom stereocenters. The van der Waals surface area contributed by atoms with Crippen molar-refractivity contribution >= 4 is 23.4 Å². The van der Waals surface area contributed by atoms with Crippen LogP contribution in [-0.4, -0.2) is 66.3 Å². The first-order valence-electron chi connectivity index (χ1n) is 11.4. The van der Waals surface area contributed by atoms with Crippen molar-refractivity contribution in [1.82, 2.24) is 4.90 Å². The van der Waals surface area contributed by atoms with Crippen molar-refractivity contribution in [2.24, 2.45) is 5.92 Å². The molecule has 0 spiro atoms. The third-order valence-electron chi connectivity index (χ3n) is 5.96. The maximum Gasteiger partial charge on any atom is 0.119 e. The second kappa shape index (κ2) is 12.2. The number of rotatable bonds is 11. The van der Waals surface area contributed by atoms with E-state index in [0.717, 1.165) is 36.1 Å². The summed E-state index contributed by atoms with van der Waals surface area (Å²) < 4.78 is 11.7. The molecule has 0 aromatic heterocycles. The highest BCUT2D eigenvalue weighted by molar-refractivity contribution is 7.99. The van der Waals surface area contributed by atoms with Crippen LogP contribution >= 0.6 is 23.4 Å². The second-order valence-electron chi connectivity index (χ2n) is 9.12. The van der Waals surface area contributed by atoms with Crippen molar-refractivity contribution in [3.8, 4) is 11.5 Å². The fourth-order valence-corrected chi connectivity index (χ4v) is 4.78. The first-order chi connectivity index (χ1) is 15.4. The van der Waals surface area contributed by atoms with Crippen molar-refractivity contribution in [2.75, 3.05) is 50.2 Å². The summed E-state index contributed by atoms with van der Waals surface area (Å²) in [5, 5.41) is 10.3. The van der Waals surface area contributed by atoms with Gasteiger partial charge >= 0.3 is 0 Å². The number of aliphatic hydroxyl groups is 1. The Kier molecular flexibility index (Phi) is 9.60. The summed E-state index contributed by atoms with van der Waals surface area (Å²) in [6, 6.07) is 16.5. The smallest absolute Gasteiger partial charge is 0.119 e. The van der Waals surface area contributed by atoms with E-state index >= 15 is 0 Å². The molecule has 0 amide bonds. The summed E-state index contributed by atoms with van der Waals surface area (Å²) in [5.41, 5.74) is 2.28. The van der Waals surface area contributed by atoms with Gasteiger partial charge in [-0.25, -0.2) is 0 Å². The van der Waals surface area contributed by atoms with Crippen LogP contribution in [0.15, 0.2) is 48.5 Å². The monoisotopic (exact) mass is 477 g/mol. The standard InChI is InChI=1S/C26H36ClNO3S/c1-20(16-27)18-30-24-8-4-21(5-9-24)26(2,3)22-6-10-25(11-7-22)31-19-23(29)17-28-12-14-32-15-13-28/h4-11,20,23,29H,12-19H2,1-3H3. The lowest BCUT2D eigenvalue weighted by molar-refractivity contribution is 0.0715. The van der Waals surface area contributed by atoms with Gasteiger partial charge in [0.25, 0.3) is 0 Å². The van der Waals surface area contributed by atoms with Gasteiger partial charge in [0, 0.05) is 48.4 Å². The van der Waals surface area contributed by atoms with Gasteiger partial charge in [-0.3, -0.25) is 4.90 Å². The Morgan fingerprint density at radius 2 is 1.44 bits per heavy atom. The summed E-state index contributed by atoms with van der Waals surface area (Å²) in [4.78, 5) is 2.31. The maximum atomic E-state index is 10.3. The van der Waals surface area contributed by atoms with E-state index in [1.54, 1.807) is 0 Å². The predicted molar refractivity (Wildman–Crippen MR) is 136 cm³/mol. The minimum atomic E-state index is -0.470. The van der Waals surface area contributed by atoms with E-state index < -0.39 is 6.10 Å². The molecule has 0 aliphatic carbocycles. The minimum Gasteiger partial charge on any atom is -0.493 e. The molecule has 176 valence electrons. The number of thioether (sulfide) groups is 1. The number of benzene rings is 2. The first kappa shape index (κ1) is 25.2. The molecule has 3 rings (SSSR count). The van der Waals surface area contributed by atoms with Gasteiger partial charge in [-0.15, -0.1) is 11.6 Å². The molecule has 1 fully saturated rings. The number of aliphatic hydroxyl groups excluding tert-OH is 1. The number of hydrogen-bond acceptors (Lipinski definition) is 5. The Morgan fingerprint density at radius 1 is 0.938 bits per heavy atom. The van der Waals surface area contributed by atoms with Crippen LogP contribution in [0.3, 0.4) is 0 Å². The number of β-amino-alcohol motifs (C(OH)–C–C–N with tert-alkyl or cyclic N) is 1. The van der Waals surface area contributed by atoms with E-state index in [1.165, 1.54) is 11.1 Å². The number of nitrogens with zero attached hydrogens (tertiary/aromatic N) is 1. The summed E-state index contributed by atoms with van der Waals surface area (Å²) in [6.07, 6.45) is -0.470. The van der Waals surface area contributed by atoms with E-state index in [0.29, 0.717) is 31.6 Å². The average molecular weight is 478 g/mol. The van der Waals surface area contributed by atoms with Crippen LogP contribution in [0, 0.1) is 5.92 Å². The number of halogens is 1. The molecule has 4 nitrogen and oxygen atoms in total. The Bertz CT molecular complexity index is 807. The van der Waals surface area contributed by atoms with Gasteiger partial charge < -0.3 is 14.6 Å². The first-order valence-corrected chi connectivity index (χ1v) is 13.1. The number of ether oxygens (including phenoxy) is 2. The maximum absolute atomic E-state index is 10.3. The van der Waals surface area contributed by atoms with Crippen molar-refractivity contribution in [1.29, 1.82) is 0 Å². The Labute approximate surface area is 202 Å². The zero-order valence-electron chi connectivity index (χ0n) is 19.4. The van der Waals surface area contributed by atoms with Crippen LogP contribution in [0.4, 0.5) is 0 Å². The molecule has 2 aromatic carbocycles. The Morgan fingerprint density at radius 3 is 1.94 bits per heavy atom. The summed E-state index contributed by atoms with van der Waals surface area (Å²) in [6.45, 7) is 10.2. The van der Waals surface area contributed by atoms with E-state index in [9.17, 15) is 5.11 Å². The molecule has 2 aromatic rings. The molecule has 1 N–H and O–H groups in total. The zero-order chi connectivity index (χ0) is 23.0. The lowest BCUT2D eigenvalue weighted by Gasteiger charge is -2.28. The van der Waals surface area contributed by atoms with E-state index in [-0.39, 0.29) is 5.41 Å². The predicted octanol–water partition coefficient (Wildman–Crippen LogP) is 5.05. The third kappa shape index (κ3) is 7.31. The summed E-state index contributed by atoms with van der Waals surface area (Å²) in [5.74, 6) is 4.88. The van der Waals surface area contributed by atoms with Crippen molar-refractivity contribution in [3.63, 3.8) is 0 Å². The minimum absolute atomic E-state index is 0.147. The van der Waals surface area contributed by atoms with Gasteiger partial charge in [0.1, 0.15) is 24.2 Å². The molecule has 1 saturated heterocycles. The van der Waals surface area contributed by atoms with Crippen LogP contribution in [0.1, 0.15) is 31.9 Å².